The highest BCUT2D eigenvalue weighted by Crippen LogP contribution is 2.56. The number of nitrogen functional groups attached to an aromatic ring is 1. The van der Waals surface area contributed by atoms with Crippen molar-refractivity contribution in [1.82, 2.24) is 10.1 Å². The average Bonchev–Trinajstić information content (AvgIpc) is 3.15. The predicted octanol–water partition coefficient (Wildman–Crippen LogP) is 4.98. The molecule has 0 saturated heterocycles. The van der Waals surface area contributed by atoms with Crippen LogP contribution >= 0.6 is 23.2 Å². The molecule has 1 aliphatic rings. The number of benzene rings is 2. The van der Waals surface area contributed by atoms with Crippen molar-refractivity contribution in [1.29, 1.82) is 0 Å². The molecule has 0 bridgehead atoms. The van der Waals surface area contributed by atoms with Crippen LogP contribution < -0.4 is 5.73 Å². The zero-order valence-corrected chi connectivity index (χ0v) is 14.2. The monoisotopic (exact) mass is 381 g/mol. The molecule has 8 heteroatoms. The van der Waals surface area contributed by atoms with Crippen molar-refractivity contribution in [2.75, 3.05) is 5.73 Å². The van der Waals surface area contributed by atoms with E-state index in [1.54, 1.807) is 12.1 Å². The van der Waals surface area contributed by atoms with Crippen LogP contribution in [0.2, 0.25) is 10.0 Å². The molecular formula is C17H11Cl2F2N3O. The fourth-order valence-electron chi connectivity index (χ4n) is 2.95. The molecule has 2 aromatic carbocycles. The van der Waals surface area contributed by atoms with E-state index < -0.39 is 17.0 Å². The van der Waals surface area contributed by atoms with Crippen molar-refractivity contribution in [3.63, 3.8) is 0 Å². The second-order valence-corrected chi connectivity index (χ2v) is 6.80. The number of nitrogens with zero attached hydrogens (tertiary/aromatic N) is 2. The van der Waals surface area contributed by atoms with Gasteiger partial charge in [0.15, 0.2) is 5.82 Å². The Hall–Kier alpha value is -2.18. The van der Waals surface area contributed by atoms with E-state index in [0.717, 1.165) is 25.0 Å². The average molecular weight is 382 g/mol. The molecule has 0 amide bonds. The number of anilines is 1. The molecule has 2 N–H and O–H groups in total. The smallest absolute Gasteiger partial charge is 0.260 e. The SMILES string of the molecule is Nc1cc(Cl)c(C2(c3noc(-c4ccc(F)cc4F)n3)CC2)c(Cl)c1. The van der Waals surface area contributed by atoms with Gasteiger partial charge < -0.3 is 10.3 Å². The number of hydrogen-bond donors (Lipinski definition) is 1. The molecule has 1 saturated carbocycles. The van der Waals surface area contributed by atoms with Crippen molar-refractivity contribution >= 4 is 28.9 Å². The Balaban J connectivity index is 1.78. The summed E-state index contributed by atoms with van der Waals surface area (Å²) in [6.45, 7) is 0. The normalized spacial score (nSPS) is 15.4. The maximum Gasteiger partial charge on any atom is 0.260 e. The second kappa shape index (κ2) is 5.68. The van der Waals surface area contributed by atoms with E-state index in [1.807, 2.05) is 0 Å². The zero-order chi connectivity index (χ0) is 17.8. The quantitative estimate of drug-likeness (QED) is 0.649. The lowest BCUT2D eigenvalue weighted by molar-refractivity contribution is 0.415. The first kappa shape index (κ1) is 16.3. The molecule has 128 valence electrons. The van der Waals surface area contributed by atoms with Gasteiger partial charge in [-0.1, -0.05) is 28.4 Å². The van der Waals surface area contributed by atoms with Crippen LogP contribution in [0.1, 0.15) is 24.2 Å². The minimum atomic E-state index is -0.774. The molecule has 0 spiro atoms. The van der Waals surface area contributed by atoms with E-state index >= 15 is 0 Å². The molecule has 1 aliphatic carbocycles. The molecule has 3 aromatic rings. The van der Waals surface area contributed by atoms with Crippen LogP contribution in [0, 0.1) is 11.6 Å². The van der Waals surface area contributed by atoms with Crippen molar-refractivity contribution in [2.45, 2.75) is 18.3 Å². The summed E-state index contributed by atoms with van der Waals surface area (Å²) in [6, 6.07) is 6.38. The van der Waals surface area contributed by atoms with Crippen LogP contribution in [-0.2, 0) is 5.41 Å². The predicted molar refractivity (Wildman–Crippen MR) is 90.5 cm³/mol. The van der Waals surface area contributed by atoms with Crippen LogP contribution in [0.3, 0.4) is 0 Å². The third kappa shape index (κ3) is 2.65. The van der Waals surface area contributed by atoms with Crippen molar-refractivity contribution < 1.29 is 13.3 Å². The molecular weight excluding hydrogens is 371 g/mol. The highest BCUT2D eigenvalue weighted by Gasteiger charge is 2.52. The van der Waals surface area contributed by atoms with Gasteiger partial charge >= 0.3 is 0 Å². The van der Waals surface area contributed by atoms with E-state index in [-0.39, 0.29) is 11.5 Å². The Morgan fingerprint density at radius 1 is 1.08 bits per heavy atom. The van der Waals surface area contributed by atoms with Gasteiger partial charge in [-0.3, -0.25) is 0 Å². The van der Waals surface area contributed by atoms with Gasteiger partial charge in [0.25, 0.3) is 5.89 Å². The number of rotatable bonds is 3. The number of hydrogen-bond acceptors (Lipinski definition) is 4. The number of halogens is 4. The van der Waals surface area contributed by atoms with Crippen LogP contribution in [0.5, 0.6) is 0 Å². The zero-order valence-electron chi connectivity index (χ0n) is 12.7. The van der Waals surface area contributed by atoms with Gasteiger partial charge in [-0.25, -0.2) is 8.78 Å². The van der Waals surface area contributed by atoms with Gasteiger partial charge in [0, 0.05) is 27.4 Å². The van der Waals surface area contributed by atoms with Gasteiger partial charge in [0.1, 0.15) is 11.6 Å². The van der Waals surface area contributed by atoms with Crippen LogP contribution in [0.4, 0.5) is 14.5 Å². The third-order valence-corrected chi connectivity index (χ3v) is 4.90. The Labute approximate surface area is 151 Å². The molecule has 1 aromatic heterocycles. The first-order valence-corrected chi connectivity index (χ1v) is 8.21. The molecule has 0 atom stereocenters. The molecule has 0 radical (unpaired) electrons. The van der Waals surface area contributed by atoms with Crippen molar-refractivity contribution in [3.05, 3.63) is 63.4 Å². The van der Waals surface area contributed by atoms with Crippen LogP contribution in [0.15, 0.2) is 34.9 Å². The van der Waals surface area contributed by atoms with Crippen molar-refractivity contribution in [2.24, 2.45) is 0 Å². The Morgan fingerprint density at radius 3 is 2.36 bits per heavy atom. The lowest BCUT2D eigenvalue weighted by Gasteiger charge is -2.15. The third-order valence-electron chi connectivity index (χ3n) is 4.31. The summed E-state index contributed by atoms with van der Waals surface area (Å²) in [5, 5.41) is 4.81. The van der Waals surface area contributed by atoms with Gasteiger partial charge in [0.2, 0.25) is 0 Å². The summed E-state index contributed by atoms with van der Waals surface area (Å²) in [7, 11) is 0. The largest absolute Gasteiger partial charge is 0.399 e. The molecule has 0 unspecified atom stereocenters. The Morgan fingerprint density at radius 2 is 1.76 bits per heavy atom. The molecule has 1 heterocycles. The Kier molecular flexibility index (Phi) is 3.70. The molecule has 0 aliphatic heterocycles. The van der Waals surface area contributed by atoms with E-state index in [2.05, 4.69) is 10.1 Å². The summed E-state index contributed by atoms with van der Waals surface area (Å²) >= 11 is 12.6. The van der Waals surface area contributed by atoms with E-state index in [4.69, 9.17) is 33.5 Å². The summed E-state index contributed by atoms with van der Waals surface area (Å²) < 4.78 is 32.2. The fraction of sp³-hybridized carbons (Fsp3) is 0.176. The summed E-state index contributed by atoms with van der Waals surface area (Å²) in [5.74, 6) is -1.12. The van der Waals surface area contributed by atoms with E-state index in [0.29, 0.717) is 27.1 Å². The maximum absolute atomic E-state index is 13.9. The highest BCUT2D eigenvalue weighted by molar-refractivity contribution is 6.36. The summed E-state index contributed by atoms with van der Waals surface area (Å²) in [6.07, 6.45) is 1.45. The lowest BCUT2D eigenvalue weighted by atomic mass is 9.94. The first-order chi connectivity index (χ1) is 11.9. The standard InChI is InChI=1S/C17H11Cl2F2N3O/c18-11-6-9(22)7-12(19)14(11)17(3-4-17)16-23-15(25-24-16)10-2-1-8(20)5-13(10)21/h1-2,5-7H,3-4,22H2. The minimum Gasteiger partial charge on any atom is -0.399 e. The second-order valence-electron chi connectivity index (χ2n) is 5.99. The highest BCUT2D eigenvalue weighted by atomic mass is 35.5. The van der Waals surface area contributed by atoms with Gasteiger partial charge in [-0.15, -0.1) is 0 Å². The van der Waals surface area contributed by atoms with Gasteiger partial charge in [0.05, 0.1) is 11.0 Å². The summed E-state index contributed by atoms with van der Waals surface area (Å²) in [5.41, 5.74) is 6.33. The number of aromatic nitrogens is 2. The van der Waals surface area contributed by atoms with Crippen LogP contribution in [-0.4, -0.2) is 10.1 Å². The topological polar surface area (TPSA) is 64.9 Å². The lowest BCUT2D eigenvalue weighted by Crippen LogP contribution is -2.13. The fourth-order valence-corrected chi connectivity index (χ4v) is 3.82. The molecule has 4 rings (SSSR count). The molecule has 1 fully saturated rings. The van der Waals surface area contributed by atoms with Crippen molar-refractivity contribution in [3.8, 4) is 11.5 Å². The molecule has 25 heavy (non-hydrogen) atoms. The van der Waals surface area contributed by atoms with E-state index in [9.17, 15) is 8.78 Å². The number of nitrogens with two attached hydrogens (primary N) is 1. The van der Waals surface area contributed by atoms with Gasteiger partial charge in [-0.2, -0.15) is 4.98 Å². The Bertz CT molecular complexity index is 963. The van der Waals surface area contributed by atoms with Gasteiger partial charge in [-0.05, 0) is 37.1 Å². The summed E-state index contributed by atoms with van der Waals surface area (Å²) in [4.78, 5) is 4.30. The first-order valence-electron chi connectivity index (χ1n) is 7.45. The van der Waals surface area contributed by atoms with Crippen LogP contribution in [0.25, 0.3) is 11.5 Å². The molecule has 4 nitrogen and oxygen atoms in total. The minimum absolute atomic E-state index is 0.0264. The maximum atomic E-state index is 13.9. The van der Waals surface area contributed by atoms with E-state index in [1.165, 1.54) is 6.07 Å².